The van der Waals surface area contributed by atoms with Gasteiger partial charge in [-0.3, -0.25) is 4.98 Å². The SMILES string of the molecule is COC(=O)c1sc(-c2cccc3ccncc23)nc1Cl. The fourth-order valence-electron chi connectivity index (χ4n) is 1.94. The number of aromatic nitrogens is 2. The predicted octanol–water partition coefficient (Wildman–Crippen LogP) is 3.80. The summed E-state index contributed by atoms with van der Waals surface area (Å²) in [4.78, 5) is 20.3. The summed E-state index contributed by atoms with van der Waals surface area (Å²) >= 11 is 7.22. The summed E-state index contributed by atoms with van der Waals surface area (Å²) in [6, 6.07) is 7.79. The standard InChI is InChI=1S/C14H9ClN2O2S/c1-19-14(18)11-12(15)17-13(20-11)9-4-2-3-8-5-6-16-7-10(8)9/h2-7H,1H3. The van der Waals surface area contributed by atoms with Crippen LogP contribution < -0.4 is 0 Å². The lowest BCUT2D eigenvalue weighted by Gasteiger charge is -2.02. The van der Waals surface area contributed by atoms with Gasteiger partial charge in [0.05, 0.1) is 7.11 Å². The lowest BCUT2D eigenvalue weighted by atomic mass is 10.1. The van der Waals surface area contributed by atoms with E-state index in [1.54, 1.807) is 12.4 Å². The van der Waals surface area contributed by atoms with Gasteiger partial charge in [0.15, 0.2) is 10.0 Å². The summed E-state index contributed by atoms with van der Waals surface area (Å²) in [6.07, 6.45) is 3.51. The highest BCUT2D eigenvalue weighted by molar-refractivity contribution is 7.17. The Morgan fingerprint density at radius 1 is 1.35 bits per heavy atom. The maximum Gasteiger partial charge on any atom is 0.351 e. The van der Waals surface area contributed by atoms with E-state index in [4.69, 9.17) is 11.6 Å². The molecule has 0 N–H and O–H groups in total. The van der Waals surface area contributed by atoms with E-state index in [1.165, 1.54) is 18.4 Å². The molecule has 0 aliphatic rings. The summed E-state index contributed by atoms with van der Waals surface area (Å²) in [6.45, 7) is 0. The molecule has 2 heterocycles. The summed E-state index contributed by atoms with van der Waals surface area (Å²) in [7, 11) is 1.32. The smallest absolute Gasteiger partial charge is 0.351 e. The first kappa shape index (κ1) is 13.0. The fourth-order valence-corrected chi connectivity index (χ4v) is 3.18. The van der Waals surface area contributed by atoms with Crippen LogP contribution in [0.4, 0.5) is 0 Å². The average Bonchev–Trinajstić information content (AvgIpc) is 2.87. The highest BCUT2D eigenvalue weighted by Crippen LogP contribution is 2.34. The minimum absolute atomic E-state index is 0.165. The molecular formula is C14H9ClN2O2S. The molecule has 6 heteroatoms. The molecule has 0 atom stereocenters. The van der Waals surface area contributed by atoms with E-state index < -0.39 is 5.97 Å². The molecule has 0 spiro atoms. The van der Waals surface area contributed by atoms with Crippen LogP contribution in [0.3, 0.4) is 0 Å². The van der Waals surface area contributed by atoms with Crippen LogP contribution in [0, 0.1) is 0 Å². The van der Waals surface area contributed by atoms with Crippen LogP contribution in [0.15, 0.2) is 36.7 Å². The predicted molar refractivity (Wildman–Crippen MR) is 79.2 cm³/mol. The van der Waals surface area contributed by atoms with Crippen molar-refractivity contribution in [2.75, 3.05) is 7.11 Å². The van der Waals surface area contributed by atoms with Crippen LogP contribution in [0.1, 0.15) is 9.67 Å². The van der Waals surface area contributed by atoms with Gasteiger partial charge in [-0.2, -0.15) is 0 Å². The number of rotatable bonds is 2. The summed E-state index contributed by atoms with van der Waals surface area (Å²) < 4.78 is 4.69. The van der Waals surface area contributed by atoms with Gasteiger partial charge in [-0.1, -0.05) is 29.8 Å². The number of thiazole rings is 1. The Morgan fingerprint density at radius 3 is 3.00 bits per heavy atom. The Balaban J connectivity index is 2.19. The van der Waals surface area contributed by atoms with Crippen molar-refractivity contribution in [2.24, 2.45) is 0 Å². The lowest BCUT2D eigenvalue weighted by molar-refractivity contribution is 0.0606. The zero-order valence-electron chi connectivity index (χ0n) is 10.5. The van der Waals surface area contributed by atoms with Crippen molar-refractivity contribution < 1.29 is 9.53 Å². The third-order valence-corrected chi connectivity index (χ3v) is 4.32. The van der Waals surface area contributed by atoms with E-state index in [-0.39, 0.29) is 5.15 Å². The number of fused-ring (bicyclic) bond motifs is 1. The van der Waals surface area contributed by atoms with Crippen LogP contribution >= 0.6 is 22.9 Å². The van der Waals surface area contributed by atoms with Gasteiger partial charge in [0, 0.05) is 23.3 Å². The Morgan fingerprint density at radius 2 is 2.20 bits per heavy atom. The molecule has 1 aromatic carbocycles. The van der Waals surface area contributed by atoms with Crippen LogP contribution in [-0.4, -0.2) is 23.0 Å². The molecule has 0 fully saturated rings. The highest BCUT2D eigenvalue weighted by Gasteiger charge is 2.19. The van der Waals surface area contributed by atoms with Gasteiger partial charge in [-0.25, -0.2) is 9.78 Å². The Bertz CT molecular complexity index is 795. The van der Waals surface area contributed by atoms with Gasteiger partial charge in [-0.15, -0.1) is 11.3 Å². The second kappa shape index (κ2) is 5.19. The summed E-state index contributed by atoms with van der Waals surface area (Å²) in [5, 5.41) is 2.87. The van der Waals surface area contributed by atoms with E-state index in [0.29, 0.717) is 9.88 Å². The first-order chi connectivity index (χ1) is 9.70. The monoisotopic (exact) mass is 304 g/mol. The van der Waals surface area contributed by atoms with Gasteiger partial charge in [0.2, 0.25) is 0 Å². The molecule has 4 nitrogen and oxygen atoms in total. The lowest BCUT2D eigenvalue weighted by Crippen LogP contribution is -1.98. The molecule has 0 bridgehead atoms. The summed E-state index contributed by atoms with van der Waals surface area (Å²) in [5.41, 5.74) is 0.901. The molecule has 0 unspecified atom stereocenters. The number of hydrogen-bond donors (Lipinski definition) is 0. The molecule has 20 heavy (non-hydrogen) atoms. The first-order valence-electron chi connectivity index (χ1n) is 5.78. The molecule has 3 aromatic rings. The van der Waals surface area contributed by atoms with Crippen LogP contribution in [0.25, 0.3) is 21.3 Å². The van der Waals surface area contributed by atoms with E-state index in [1.807, 2.05) is 24.3 Å². The number of carbonyl (C=O) groups excluding carboxylic acids is 1. The van der Waals surface area contributed by atoms with Crippen LogP contribution in [0.2, 0.25) is 5.15 Å². The third kappa shape index (κ3) is 2.15. The van der Waals surface area contributed by atoms with Crippen molar-refractivity contribution in [3.05, 3.63) is 46.7 Å². The topological polar surface area (TPSA) is 52.1 Å². The number of benzene rings is 1. The molecule has 0 radical (unpaired) electrons. The zero-order chi connectivity index (χ0) is 14.1. The van der Waals surface area contributed by atoms with Crippen molar-refractivity contribution in [2.45, 2.75) is 0 Å². The van der Waals surface area contributed by atoms with Crippen molar-refractivity contribution >= 4 is 39.7 Å². The summed E-state index contributed by atoms with van der Waals surface area (Å²) in [5.74, 6) is -0.475. The Labute approximate surface area is 124 Å². The number of carbonyl (C=O) groups is 1. The van der Waals surface area contributed by atoms with E-state index in [2.05, 4.69) is 14.7 Å². The molecule has 2 aromatic heterocycles. The van der Waals surface area contributed by atoms with Gasteiger partial charge in [-0.05, 0) is 11.5 Å². The van der Waals surface area contributed by atoms with Gasteiger partial charge in [0.1, 0.15) is 5.01 Å². The number of esters is 1. The molecule has 0 amide bonds. The molecular weight excluding hydrogens is 296 g/mol. The molecule has 100 valence electrons. The molecule has 0 aliphatic heterocycles. The quantitative estimate of drug-likeness (QED) is 0.676. The van der Waals surface area contributed by atoms with E-state index in [9.17, 15) is 4.79 Å². The second-order valence-electron chi connectivity index (χ2n) is 4.03. The Hall–Kier alpha value is -1.98. The van der Waals surface area contributed by atoms with E-state index >= 15 is 0 Å². The molecule has 0 saturated heterocycles. The molecule has 0 aliphatic carbocycles. The minimum atomic E-state index is -0.475. The normalized spacial score (nSPS) is 10.7. The minimum Gasteiger partial charge on any atom is -0.465 e. The highest BCUT2D eigenvalue weighted by atomic mass is 35.5. The average molecular weight is 305 g/mol. The van der Waals surface area contributed by atoms with Gasteiger partial charge >= 0.3 is 5.97 Å². The third-order valence-electron chi connectivity index (χ3n) is 2.87. The van der Waals surface area contributed by atoms with Crippen LogP contribution in [0.5, 0.6) is 0 Å². The van der Waals surface area contributed by atoms with Gasteiger partial charge < -0.3 is 4.74 Å². The number of halogens is 1. The maximum absolute atomic E-state index is 11.6. The van der Waals surface area contributed by atoms with Crippen molar-refractivity contribution in [1.29, 1.82) is 0 Å². The molecule has 3 rings (SSSR count). The first-order valence-corrected chi connectivity index (χ1v) is 6.98. The van der Waals surface area contributed by atoms with Crippen molar-refractivity contribution in [3.8, 4) is 10.6 Å². The van der Waals surface area contributed by atoms with E-state index in [0.717, 1.165) is 16.3 Å². The number of hydrogen-bond acceptors (Lipinski definition) is 5. The number of methoxy groups -OCH3 is 1. The molecule has 0 saturated carbocycles. The van der Waals surface area contributed by atoms with Gasteiger partial charge in [0.25, 0.3) is 0 Å². The number of nitrogens with zero attached hydrogens (tertiary/aromatic N) is 2. The maximum atomic E-state index is 11.6. The van der Waals surface area contributed by atoms with Crippen LogP contribution in [-0.2, 0) is 4.74 Å². The fraction of sp³-hybridized carbons (Fsp3) is 0.0714. The number of pyridine rings is 1. The second-order valence-corrected chi connectivity index (χ2v) is 5.39. The number of ether oxygens (including phenoxy) is 1. The largest absolute Gasteiger partial charge is 0.465 e. The zero-order valence-corrected chi connectivity index (χ0v) is 12.0. The van der Waals surface area contributed by atoms with Crippen molar-refractivity contribution in [1.82, 2.24) is 9.97 Å². The van der Waals surface area contributed by atoms with Crippen molar-refractivity contribution in [3.63, 3.8) is 0 Å². The Kier molecular flexibility index (Phi) is 3.38.